The van der Waals surface area contributed by atoms with E-state index in [4.69, 9.17) is 16.3 Å². The van der Waals surface area contributed by atoms with E-state index in [-0.39, 0.29) is 24.3 Å². The number of nitrogens with one attached hydrogen (secondary N) is 1. The third kappa shape index (κ3) is 5.31. The summed E-state index contributed by atoms with van der Waals surface area (Å²) >= 11 is 5.86. The number of hydrogen-bond donors (Lipinski definition) is 1. The maximum atomic E-state index is 12.2. The number of carbonyl (C=O) groups is 2. The zero-order chi connectivity index (χ0) is 19.2. The Bertz CT molecular complexity index is 784. The van der Waals surface area contributed by atoms with Crippen molar-refractivity contribution < 1.29 is 14.3 Å². The van der Waals surface area contributed by atoms with Crippen molar-refractivity contribution in [2.45, 2.75) is 32.2 Å². The van der Waals surface area contributed by atoms with Crippen molar-refractivity contribution in [2.24, 2.45) is 0 Å². The van der Waals surface area contributed by atoms with E-state index in [9.17, 15) is 9.59 Å². The van der Waals surface area contributed by atoms with Crippen LogP contribution in [0.25, 0.3) is 0 Å². The van der Waals surface area contributed by atoms with Crippen molar-refractivity contribution in [3.8, 4) is 0 Å². The Balaban J connectivity index is 1.64. The summed E-state index contributed by atoms with van der Waals surface area (Å²) < 4.78 is 5.39. The van der Waals surface area contributed by atoms with Gasteiger partial charge in [-0.3, -0.25) is 9.59 Å². The van der Waals surface area contributed by atoms with Gasteiger partial charge in [-0.05, 0) is 54.8 Å². The third-order valence-electron chi connectivity index (χ3n) is 4.60. The van der Waals surface area contributed by atoms with Crippen LogP contribution in [0.4, 0.5) is 11.4 Å². The average Bonchev–Trinajstić information content (AvgIpc) is 2.66. The lowest BCUT2D eigenvalue weighted by Gasteiger charge is -2.33. The average molecular weight is 387 g/mol. The highest BCUT2D eigenvalue weighted by Crippen LogP contribution is 2.25. The van der Waals surface area contributed by atoms with E-state index in [1.54, 1.807) is 19.1 Å². The first kappa shape index (κ1) is 19.4. The van der Waals surface area contributed by atoms with Crippen LogP contribution in [0.5, 0.6) is 0 Å². The molecule has 0 bridgehead atoms. The van der Waals surface area contributed by atoms with Crippen LogP contribution in [-0.4, -0.2) is 31.1 Å². The van der Waals surface area contributed by atoms with Gasteiger partial charge in [-0.15, -0.1) is 0 Å². The summed E-state index contributed by atoms with van der Waals surface area (Å²) in [6.45, 7) is 2.93. The maximum absolute atomic E-state index is 12.2. The van der Waals surface area contributed by atoms with Gasteiger partial charge in [0.05, 0.1) is 6.42 Å². The van der Waals surface area contributed by atoms with Gasteiger partial charge in [-0.1, -0.05) is 23.7 Å². The van der Waals surface area contributed by atoms with Gasteiger partial charge in [0, 0.05) is 42.6 Å². The van der Waals surface area contributed by atoms with Crippen molar-refractivity contribution in [1.82, 2.24) is 0 Å². The molecule has 1 heterocycles. The normalized spacial score (nSPS) is 14.6. The third-order valence-corrected chi connectivity index (χ3v) is 4.85. The predicted octanol–water partition coefficient (Wildman–Crippen LogP) is 4.05. The summed E-state index contributed by atoms with van der Waals surface area (Å²) in [6.07, 6.45) is 1.94. The zero-order valence-corrected chi connectivity index (χ0v) is 16.0. The molecule has 0 aromatic heterocycles. The minimum Gasteiger partial charge on any atom is -0.381 e. The zero-order valence-electron chi connectivity index (χ0n) is 15.3. The Labute approximate surface area is 164 Å². The number of hydrogen-bond acceptors (Lipinski definition) is 3. The second-order valence-electron chi connectivity index (χ2n) is 6.63. The van der Waals surface area contributed by atoms with E-state index in [1.807, 2.05) is 41.3 Å². The predicted molar refractivity (Wildman–Crippen MR) is 107 cm³/mol. The number of ether oxygens (including phenoxy) is 1. The Morgan fingerprint density at radius 3 is 2.30 bits per heavy atom. The summed E-state index contributed by atoms with van der Waals surface area (Å²) in [5, 5.41) is 3.53. The standard InChI is InChI=1S/C21H23ClN2O3/c1-15(25)24(20-10-12-27-13-11-20)19-8-6-18(7-9-19)23-21(26)14-16-2-4-17(22)5-3-16/h2-9,20H,10-14H2,1H3,(H,23,26). The molecule has 2 aromatic rings. The highest BCUT2D eigenvalue weighted by molar-refractivity contribution is 6.30. The number of rotatable bonds is 5. The molecule has 3 rings (SSSR count). The molecule has 142 valence electrons. The molecule has 27 heavy (non-hydrogen) atoms. The van der Waals surface area contributed by atoms with Crippen LogP contribution >= 0.6 is 11.6 Å². The molecule has 1 fully saturated rings. The monoisotopic (exact) mass is 386 g/mol. The van der Waals surface area contributed by atoms with Gasteiger partial charge in [-0.2, -0.15) is 0 Å². The minimum atomic E-state index is -0.0991. The van der Waals surface area contributed by atoms with Crippen LogP contribution < -0.4 is 10.2 Å². The van der Waals surface area contributed by atoms with Gasteiger partial charge in [0.25, 0.3) is 0 Å². The van der Waals surface area contributed by atoms with E-state index in [2.05, 4.69) is 5.32 Å². The lowest BCUT2D eigenvalue weighted by Crippen LogP contribution is -2.42. The summed E-state index contributed by atoms with van der Waals surface area (Å²) in [7, 11) is 0. The van der Waals surface area contributed by atoms with Crippen molar-refractivity contribution in [3.63, 3.8) is 0 Å². The van der Waals surface area contributed by atoms with Crippen molar-refractivity contribution >= 4 is 34.8 Å². The van der Waals surface area contributed by atoms with Gasteiger partial charge >= 0.3 is 0 Å². The molecule has 1 saturated heterocycles. The van der Waals surface area contributed by atoms with Crippen LogP contribution in [0.2, 0.25) is 5.02 Å². The molecule has 0 atom stereocenters. The molecular formula is C21H23ClN2O3. The second kappa shape index (κ2) is 9.02. The fourth-order valence-electron chi connectivity index (χ4n) is 3.29. The quantitative estimate of drug-likeness (QED) is 0.843. The first-order valence-corrected chi connectivity index (χ1v) is 9.42. The molecule has 0 aliphatic carbocycles. The fraction of sp³-hybridized carbons (Fsp3) is 0.333. The lowest BCUT2D eigenvalue weighted by atomic mass is 10.1. The lowest BCUT2D eigenvalue weighted by molar-refractivity contribution is -0.117. The molecule has 0 saturated carbocycles. The summed E-state index contributed by atoms with van der Waals surface area (Å²) in [4.78, 5) is 26.2. The number of halogens is 1. The largest absolute Gasteiger partial charge is 0.381 e. The molecular weight excluding hydrogens is 364 g/mol. The van der Waals surface area contributed by atoms with E-state index >= 15 is 0 Å². The number of anilines is 2. The van der Waals surface area contributed by atoms with Gasteiger partial charge in [0.15, 0.2) is 0 Å². The SMILES string of the molecule is CC(=O)N(c1ccc(NC(=O)Cc2ccc(Cl)cc2)cc1)C1CCOCC1. The fourth-order valence-corrected chi connectivity index (χ4v) is 3.42. The first-order valence-electron chi connectivity index (χ1n) is 9.05. The molecule has 5 nitrogen and oxygen atoms in total. The van der Waals surface area contributed by atoms with E-state index in [1.165, 1.54) is 0 Å². The molecule has 1 N–H and O–H groups in total. The Morgan fingerprint density at radius 2 is 1.70 bits per heavy atom. The van der Waals surface area contributed by atoms with Gasteiger partial charge in [0.1, 0.15) is 0 Å². The maximum Gasteiger partial charge on any atom is 0.228 e. The number of amides is 2. The van der Waals surface area contributed by atoms with E-state index in [0.717, 1.165) is 24.1 Å². The van der Waals surface area contributed by atoms with Crippen molar-refractivity contribution in [3.05, 3.63) is 59.1 Å². The molecule has 2 amide bonds. The van der Waals surface area contributed by atoms with Crippen LogP contribution in [0.3, 0.4) is 0 Å². The first-order chi connectivity index (χ1) is 13.0. The smallest absolute Gasteiger partial charge is 0.228 e. The van der Waals surface area contributed by atoms with E-state index < -0.39 is 0 Å². The van der Waals surface area contributed by atoms with Crippen LogP contribution in [0, 0.1) is 0 Å². The minimum absolute atomic E-state index is 0.0152. The van der Waals surface area contributed by atoms with Gasteiger partial charge in [-0.25, -0.2) is 0 Å². The topological polar surface area (TPSA) is 58.6 Å². The molecule has 6 heteroatoms. The Morgan fingerprint density at radius 1 is 1.07 bits per heavy atom. The number of benzene rings is 2. The molecule has 0 unspecified atom stereocenters. The highest BCUT2D eigenvalue weighted by Gasteiger charge is 2.24. The molecule has 1 aliphatic heterocycles. The molecule has 2 aromatic carbocycles. The summed E-state index contributed by atoms with van der Waals surface area (Å²) in [6, 6.07) is 14.8. The van der Waals surface area contributed by atoms with Gasteiger partial charge in [0.2, 0.25) is 11.8 Å². The highest BCUT2D eigenvalue weighted by atomic mass is 35.5. The molecule has 0 radical (unpaired) electrons. The molecule has 1 aliphatic rings. The van der Waals surface area contributed by atoms with Crippen molar-refractivity contribution in [1.29, 1.82) is 0 Å². The molecule has 0 spiro atoms. The Kier molecular flexibility index (Phi) is 6.48. The van der Waals surface area contributed by atoms with Crippen LogP contribution in [0.15, 0.2) is 48.5 Å². The number of nitrogens with zero attached hydrogens (tertiary/aromatic N) is 1. The summed E-state index contributed by atoms with van der Waals surface area (Å²) in [5.74, 6) is -0.0839. The van der Waals surface area contributed by atoms with Crippen LogP contribution in [-0.2, 0) is 20.7 Å². The van der Waals surface area contributed by atoms with E-state index in [0.29, 0.717) is 23.9 Å². The number of carbonyl (C=O) groups excluding carboxylic acids is 2. The Hall–Kier alpha value is -2.37. The summed E-state index contributed by atoms with van der Waals surface area (Å²) in [5.41, 5.74) is 2.44. The van der Waals surface area contributed by atoms with Gasteiger partial charge < -0.3 is 15.0 Å². The van der Waals surface area contributed by atoms with Crippen LogP contribution in [0.1, 0.15) is 25.3 Å². The van der Waals surface area contributed by atoms with Crippen molar-refractivity contribution in [2.75, 3.05) is 23.4 Å². The second-order valence-corrected chi connectivity index (χ2v) is 7.07.